The molecule has 2 nitrogen and oxygen atoms in total. The summed E-state index contributed by atoms with van der Waals surface area (Å²) in [5.41, 5.74) is 2.48. The molecule has 21 heavy (non-hydrogen) atoms. The number of para-hydroxylation sites is 1. The van der Waals surface area contributed by atoms with Gasteiger partial charge < -0.3 is 9.64 Å². The highest BCUT2D eigenvalue weighted by Gasteiger charge is 2.26. The van der Waals surface area contributed by atoms with Gasteiger partial charge in [0, 0.05) is 22.1 Å². The first kappa shape index (κ1) is 14.4. The second kappa shape index (κ2) is 6.08. The van der Waals surface area contributed by atoms with Gasteiger partial charge in [0.25, 0.3) is 0 Å². The molecule has 3 rings (SSSR count). The van der Waals surface area contributed by atoms with Gasteiger partial charge in [-0.2, -0.15) is 0 Å². The summed E-state index contributed by atoms with van der Waals surface area (Å²) >= 11 is 6.19. The van der Waals surface area contributed by atoms with Gasteiger partial charge >= 0.3 is 0 Å². The van der Waals surface area contributed by atoms with E-state index in [0.29, 0.717) is 5.92 Å². The van der Waals surface area contributed by atoms with Gasteiger partial charge in [0.05, 0.1) is 0 Å². The van der Waals surface area contributed by atoms with E-state index in [1.165, 1.54) is 11.1 Å². The van der Waals surface area contributed by atoms with E-state index < -0.39 is 0 Å². The lowest BCUT2D eigenvalue weighted by Crippen LogP contribution is -2.16. The number of rotatable bonds is 4. The fraction of sp³-hybridized carbons (Fsp3) is 0.333. The van der Waals surface area contributed by atoms with E-state index in [-0.39, 0.29) is 0 Å². The number of halogens is 1. The van der Waals surface area contributed by atoms with Crippen LogP contribution in [-0.4, -0.2) is 25.5 Å². The molecule has 110 valence electrons. The topological polar surface area (TPSA) is 12.5 Å². The maximum atomic E-state index is 6.19. The second-order valence-electron chi connectivity index (χ2n) is 5.82. The monoisotopic (exact) mass is 301 g/mol. The lowest BCUT2D eigenvalue weighted by Gasteiger charge is -2.28. The maximum absolute atomic E-state index is 6.19. The summed E-state index contributed by atoms with van der Waals surface area (Å²) in [5, 5.41) is 0.773. The molecule has 0 saturated heterocycles. The molecule has 0 fully saturated rings. The summed E-state index contributed by atoms with van der Waals surface area (Å²) < 4.78 is 6.02. The summed E-state index contributed by atoms with van der Waals surface area (Å²) in [4.78, 5) is 2.23. The van der Waals surface area contributed by atoms with E-state index in [1.807, 2.05) is 30.3 Å². The largest absolute Gasteiger partial charge is 0.457 e. The molecule has 1 aliphatic rings. The molecule has 1 atom stereocenters. The zero-order chi connectivity index (χ0) is 14.8. The van der Waals surface area contributed by atoms with Gasteiger partial charge in [-0.15, -0.1) is 0 Å². The van der Waals surface area contributed by atoms with E-state index in [4.69, 9.17) is 16.3 Å². The Kier molecular flexibility index (Phi) is 4.18. The van der Waals surface area contributed by atoms with E-state index in [2.05, 4.69) is 31.1 Å². The van der Waals surface area contributed by atoms with Crippen LogP contribution < -0.4 is 4.74 Å². The van der Waals surface area contributed by atoms with Gasteiger partial charge in [0.1, 0.15) is 11.5 Å². The van der Waals surface area contributed by atoms with Crippen molar-refractivity contribution in [2.75, 3.05) is 20.6 Å². The van der Waals surface area contributed by atoms with Gasteiger partial charge in [-0.3, -0.25) is 0 Å². The van der Waals surface area contributed by atoms with E-state index in [1.54, 1.807) is 0 Å². The molecule has 2 aromatic carbocycles. The molecule has 0 radical (unpaired) electrons. The first-order chi connectivity index (χ1) is 10.1. The zero-order valence-corrected chi connectivity index (χ0v) is 13.2. The molecule has 0 unspecified atom stereocenters. The van der Waals surface area contributed by atoms with Gasteiger partial charge in [0.15, 0.2) is 0 Å². The van der Waals surface area contributed by atoms with E-state index in [0.717, 1.165) is 35.9 Å². The molecule has 1 aliphatic heterocycles. The molecular formula is C18H20ClNO. The highest BCUT2D eigenvalue weighted by molar-refractivity contribution is 6.30. The third kappa shape index (κ3) is 3.07. The standard InChI is InChI=1S/C18H20ClNO/c1-20(2)11-5-7-14-15-6-3-4-8-17(15)21-18-10-9-13(19)12-16(14)18/h3-4,6,8-10,12,14H,5,7,11H2,1-2H3/t14-/m1/s1. The molecule has 0 N–H and O–H groups in total. The number of hydrogen-bond acceptors (Lipinski definition) is 2. The minimum atomic E-state index is 0.364. The molecule has 0 bridgehead atoms. The summed E-state index contributed by atoms with van der Waals surface area (Å²) in [6.45, 7) is 1.09. The summed E-state index contributed by atoms with van der Waals surface area (Å²) in [7, 11) is 4.23. The quantitative estimate of drug-likeness (QED) is 0.795. The fourth-order valence-electron chi connectivity index (χ4n) is 2.95. The maximum Gasteiger partial charge on any atom is 0.131 e. The van der Waals surface area contributed by atoms with Gasteiger partial charge in [-0.05, 0) is 57.7 Å². The lowest BCUT2D eigenvalue weighted by atomic mass is 9.84. The van der Waals surface area contributed by atoms with Crippen LogP contribution in [0, 0.1) is 0 Å². The van der Waals surface area contributed by atoms with Gasteiger partial charge in [-0.1, -0.05) is 29.8 Å². The van der Waals surface area contributed by atoms with Crippen LogP contribution in [0.25, 0.3) is 0 Å². The molecule has 3 heteroatoms. The highest BCUT2D eigenvalue weighted by Crippen LogP contribution is 2.46. The number of benzene rings is 2. The Bertz CT molecular complexity index is 639. The number of hydrogen-bond donors (Lipinski definition) is 0. The van der Waals surface area contributed by atoms with Crippen LogP contribution in [0.15, 0.2) is 42.5 Å². The molecule has 2 aromatic rings. The zero-order valence-electron chi connectivity index (χ0n) is 12.5. The first-order valence-electron chi connectivity index (χ1n) is 7.36. The van der Waals surface area contributed by atoms with Crippen LogP contribution >= 0.6 is 11.6 Å². The lowest BCUT2D eigenvalue weighted by molar-refractivity contribution is 0.382. The third-order valence-electron chi connectivity index (χ3n) is 3.96. The molecule has 0 amide bonds. The smallest absolute Gasteiger partial charge is 0.131 e. The van der Waals surface area contributed by atoms with Crippen molar-refractivity contribution >= 4 is 11.6 Å². The van der Waals surface area contributed by atoms with Crippen LogP contribution in [0.3, 0.4) is 0 Å². The van der Waals surface area contributed by atoms with Crippen LogP contribution in [0.5, 0.6) is 11.5 Å². The Labute approximate surface area is 131 Å². The Morgan fingerprint density at radius 3 is 2.62 bits per heavy atom. The van der Waals surface area contributed by atoms with E-state index in [9.17, 15) is 0 Å². The van der Waals surface area contributed by atoms with Crippen LogP contribution in [0.4, 0.5) is 0 Å². The van der Waals surface area contributed by atoms with Crippen molar-refractivity contribution in [2.45, 2.75) is 18.8 Å². The Morgan fingerprint density at radius 1 is 1.05 bits per heavy atom. The third-order valence-corrected chi connectivity index (χ3v) is 4.19. The summed E-state index contributed by atoms with van der Waals surface area (Å²) in [6.07, 6.45) is 2.25. The van der Waals surface area contributed by atoms with Crippen LogP contribution in [0.1, 0.15) is 29.9 Å². The Balaban J connectivity index is 1.94. The minimum absolute atomic E-state index is 0.364. The van der Waals surface area contributed by atoms with Crippen molar-refractivity contribution in [2.24, 2.45) is 0 Å². The molecule has 1 heterocycles. The van der Waals surface area contributed by atoms with Crippen molar-refractivity contribution in [1.29, 1.82) is 0 Å². The number of fused-ring (bicyclic) bond motifs is 2. The van der Waals surface area contributed by atoms with Crippen molar-refractivity contribution in [1.82, 2.24) is 4.90 Å². The predicted octanol–water partition coefficient (Wildman–Crippen LogP) is 4.92. The molecule has 0 saturated carbocycles. The molecule has 0 aromatic heterocycles. The normalized spacial score (nSPS) is 16.3. The fourth-order valence-corrected chi connectivity index (χ4v) is 3.14. The van der Waals surface area contributed by atoms with Crippen LogP contribution in [0.2, 0.25) is 5.02 Å². The summed E-state index contributed by atoms with van der Waals surface area (Å²) in [6, 6.07) is 14.2. The van der Waals surface area contributed by atoms with E-state index >= 15 is 0 Å². The van der Waals surface area contributed by atoms with Crippen molar-refractivity contribution in [3.05, 3.63) is 58.6 Å². The predicted molar refractivity (Wildman–Crippen MR) is 87.6 cm³/mol. The average Bonchev–Trinajstić information content (AvgIpc) is 2.46. The Morgan fingerprint density at radius 2 is 1.81 bits per heavy atom. The second-order valence-corrected chi connectivity index (χ2v) is 6.26. The van der Waals surface area contributed by atoms with Crippen LogP contribution in [-0.2, 0) is 0 Å². The highest BCUT2D eigenvalue weighted by atomic mass is 35.5. The minimum Gasteiger partial charge on any atom is -0.457 e. The van der Waals surface area contributed by atoms with Gasteiger partial charge in [0.2, 0.25) is 0 Å². The molecular weight excluding hydrogens is 282 g/mol. The molecule has 0 spiro atoms. The molecule has 0 aliphatic carbocycles. The first-order valence-corrected chi connectivity index (χ1v) is 7.74. The Hall–Kier alpha value is -1.51. The van der Waals surface area contributed by atoms with Crippen molar-refractivity contribution < 1.29 is 4.74 Å². The van der Waals surface area contributed by atoms with Crippen molar-refractivity contribution in [3.8, 4) is 11.5 Å². The average molecular weight is 302 g/mol. The SMILES string of the molecule is CN(C)CCC[C@@H]1c2ccccc2Oc2ccc(Cl)cc21. The van der Waals surface area contributed by atoms with Crippen molar-refractivity contribution in [3.63, 3.8) is 0 Å². The summed E-state index contributed by atoms with van der Waals surface area (Å²) in [5.74, 6) is 2.28. The number of nitrogens with zero attached hydrogens (tertiary/aromatic N) is 1. The number of ether oxygens (including phenoxy) is 1. The van der Waals surface area contributed by atoms with Gasteiger partial charge in [-0.25, -0.2) is 0 Å².